The smallest absolute Gasteiger partial charge is 0.407 e. The molecule has 1 spiro atoms. The molecule has 0 aromatic carbocycles. The summed E-state index contributed by atoms with van der Waals surface area (Å²) in [5.74, 6) is 0.0128. The molecule has 1 N–H and O–H groups in total. The van der Waals surface area contributed by atoms with E-state index in [9.17, 15) is 9.59 Å². The molecule has 82 valence electrons. The van der Waals surface area contributed by atoms with Gasteiger partial charge in [-0.1, -0.05) is 6.08 Å². The van der Waals surface area contributed by atoms with Crippen LogP contribution in [-0.2, 0) is 4.79 Å². The highest BCUT2D eigenvalue weighted by molar-refractivity contribution is 5.91. The quantitative estimate of drug-likeness (QED) is 0.634. The minimum Gasteiger partial charge on any atom is -0.465 e. The van der Waals surface area contributed by atoms with Crippen LogP contribution in [0.3, 0.4) is 0 Å². The van der Waals surface area contributed by atoms with Crippen LogP contribution in [0.5, 0.6) is 0 Å². The summed E-state index contributed by atoms with van der Waals surface area (Å²) < 4.78 is 0. The van der Waals surface area contributed by atoms with Gasteiger partial charge in [-0.2, -0.15) is 0 Å². The van der Waals surface area contributed by atoms with Crippen molar-refractivity contribution >= 4 is 12.0 Å². The predicted molar refractivity (Wildman–Crippen MR) is 53.5 cm³/mol. The molecule has 0 atom stereocenters. The Bertz CT molecular complexity index is 330. The van der Waals surface area contributed by atoms with E-state index < -0.39 is 6.09 Å². The lowest BCUT2D eigenvalue weighted by Gasteiger charge is -2.41. The maximum atomic E-state index is 11.4. The largest absolute Gasteiger partial charge is 0.465 e. The SMILES string of the molecule is CN1C(=O)C=CC12CCN(C(=O)O)CC2. The molecule has 0 bridgehead atoms. The van der Waals surface area contributed by atoms with Crippen molar-refractivity contribution in [2.75, 3.05) is 20.1 Å². The van der Waals surface area contributed by atoms with Gasteiger partial charge in [-0.15, -0.1) is 0 Å². The Morgan fingerprint density at radius 2 is 2.07 bits per heavy atom. The molecule has 0 unspecified atom stereocenters. The molecule has 2 aliphatic rings. The van der Waals surface area contributed by atoms with Gasteiger partial charge in [0.1, 0.15) is 0 Å². The lowest BCUT2D eigenvalue weighted by molar-refractivity contribution is -0.128. The standard InChI is InChI=1S/C10H14N2O3/c1-11-8(13)2-3-10(11)4-6-12(7-5-10)9(14)15/h2-3H,4-7H2,1H3,(H,14,15). The third kappa shape index (κ3) is 1.48. The number of hydrogen-bond acceptors (Lipinski definition) is 2. The molecule has 0 aromatic rings. The lowest BCUT2D eigenvalue weighted by Crippen LogP contribution is -2.52. The second-order valence-corrected chi connectivity index (χ2v) is 4.10. The summed E-state index contributed by atoms with van der Waals surface area (Å²) in [7, 11) is 1.78. The molecule has 0 aromatic heterocycles. The zero-order valence-electron chi connectivity index (χ0n) is 8.64. The minimum absolute atomic E-state index is 0.0128. The van der Waals surface area contributed by atoms with Crippen LogP contribution in [0.1, 0.15) is 12.8 Å². The maximum absolute atomic E-state index is 11.4. The lowest BCUT2D eigenvalue weighted by atomic mass is 9.88. The van der Waals surface area contributed by atoms with Gasteiger partial charge < -0.3 is 14.9 Å². The molecule has 1 fully saturated rings. The fraction of sp³-hybridized carbons (Fsp3) is 0.600. The first-order valence-corrected chi connectivity index (χ1v) is 5.00. The Kier molecular flexibility index (Phi) is 2.17. The van der Waals surface area contributed by atoms with Crippen molar-refractivity contribution in [1.29, 1.82) is 0 Å². The Hall–Kier alpha value is -1.52. The van der Waals surface area contributed by atoms with Gasteiger partial charge in [-0.05, 0) is 12.8 Å². The van der Waals surface area contributed by atoms with E-state index in [1.807, 2.05) is 6.08 Å². The summed E-state index contributed by atoms with van der Waals surface area (Å²) in [6.07, 6.45) is 4.00. The number of rotatable bonds is 0. The molecule has 2 rings (SSSR count). The zero-order chi connectivity index (χ0) is 11.1. The van der Waals surface area contributed by atoms with Gasteiger partial charge in [0.25, 0.3) is 0 Å². The van der Waals surface area contributed by atoms with Crippen molar-refractivity contribution in [1.82, 2.24) is 9.80 Å². The first-order chi connectivity index (χ1) is 7.05. The van der Waals surface area contributed by atoms with Gasteiger partial charge in [-0.25, -0.2) is 4.79 Å². The van der Waals surface area contributed by atoms with Crippen molar-refractivity contribution in [3.8, 4) is 0 Å². The second-order valence-electron chi connectivity index (χ2n) is 4.10. The number of piperidine rings is 1. The Balaban J connectivity index is 2.07. The molecule has 1 saturated heterocycles. The van der Waals surface area contributed by atoms with Crippen molar-refractivity contribution in [3.63, 3.8) is 0 Å². The Labute approximate surface area is 88.0 Å². The van der Waals surface area contributed by atoms with Crippen molar-refractivity contribution in [2.45, 2.75) is 18.4 Å². The van der Waals surface area contributed by atoms with Crippen LogP contribution in [0.15, 0.2) is 12.2 Å². The van der Waals surface area contributed by atoms with E-state index in [1.165, 1.54) is 4.90 Å². The zero-order valence-corrected chi connectivity index (χ0v) is 8.64. The van der Waals surface area contributed by atoms with Crippen LogP contribution >= 0.6 is 0 Å². The average Bonchev–Trinajstić information content (AvgIpc) is 2.48. The molecule has 0 aliphatic carbocycles. The van der Waals surface area contributed by atoms with E-state index in [0.29, 0.717) is 25.9 Å². The van der Waals surface area contributed by atoms with Crippen LogP contribution in [0, 0.1) is 0 Å². The normalized spacial score (nSPS) is 23.9. The number of likely N-dealkylation sites (N-methyl/N-ethyl adjacent to an activating group) is 1. The number of carbonyl (C=O) groups is 2. The number of amides is 2. The van der Waals surface area contributed by atoms with Crippen LogP contribution in [0.25, 0.3) is 0 Å². The maximum Gasteiger partial charge on any atom is 0.407 e. The molecule has 2 amide bonds. The highest BCUT2D eigenvalue weighted by atomic mass is 16.4. The summed E-state index contributed by atoms with van der Waals surface area (Å²) in [5.41, 5.74) is -0.233. The van der Waals surface area contributed by atoms with Gasteiger partial charge in [-0.3, -0.25) is 4.79 Å². The molecule has 2 aliphatic heterocycles. The molecule has 2 heterocycles. The number of carboxylic acid groups (broad SMARTS) is 1. The van der Waals surface area contributed by atoms with Crippen molar-refractivity contribution in [2.24, 2.45) is 0 Å². The molecular weight excluding hydrogens is 196 g/mol. The summed E-state index contributed by atoms with van der Waals surface area (Å²) in [4.78, 5) is 25.2. The molecule has 15 heavy (non-hydrogen) atoms. The predicted octanol–water partition coefficient (Wildman–Crippen LogP) is 0.527. The van der Waals surface area contributed by atoms with Gasteiger partial charge in [0.05, 0.1) is 5.54 Å². The summed E-state index contributed by atoms with van der Waals surface area (Å²) in [6, 6.07) is 0. The Morgan fingerprint density at radius 1 is 1.47 bits per heavy atom. The average molecular weight is 210 g/mol. The first-order valence-electron chi connectivity index (χ1n) is 5.00. The van der Waals surface area contributed by atoms with E-state index in [0.717, 1.165) is 0 Å². The van der Waals surface area contributed by atoms with Crippen LogP contribution in [-0.4, -0.2) is 52.6 Å². The first kappa shape index (κ1) is 10.0. The van der Waals surface area contributed by atoms with Crippen LogP contribution in [0.2, 0.25) is 0 Å². The number of nitrogens with zero attached hydrogens (tertiary/aromatic N) is 2. The van der Waals surface area contributed by atoms with Gasteiger partial charge in [0.2, 0.25) is 5.91 Å². The summed E-state index contributed by atoms with van der Waals surface area (Å²) in [5, 5.41) is 8.81. The van der Waals surface area contributed by atoms with E-state index in [1.54, 1.807) is 18.0 Å². The fourth-order valence-corrected chi connectivity index (χ4v) is 2.26. The molecule has 0 radical (unpaired) electrons. The molecule has 0 saturated carbocycles. The van der Waals surface area contributed by atoms with E-state index in [4.69, 9.17) is 5.11 Å². The van der Waals surface area contributed by atoms with Crippen LogP contribution in [0.4, 0.5) is 4.79 Å². The third-order valence-electron chi connectivity index (χ3n) is 3.43. The molecule has 5 nitrogen and oxygen atoms in total. The van der Waals surface area contributed by atoms with Crippen LogP contribution < -0.4 is 0 Å². The number of hydrogen-bond donors (Lipinski definition) is 1. The van der Waals surface area contributed by atoms with Gasteiger partial charge in [0, 0.05) is 26.2 Å². The van der Waals surface area contributed by atoms with Crippen molar-refractivity contribution in [3.05, 3.63) is 12.2 Å². The monoisotopic (exact) mass is 210 g/mol. The van der Waals surface area contributed by atoms with Crippen molar-refractivity contribution < 1.29 is 14.7 Å². The van der Waals surface area contributed by atoms with Gasteiger partial charge >= 0.3 is 6.09 Å². The van der Waals surface area contributed by atoms with E-state index in [2.05, 4.69) is 0 Å². The highest BCUT2D eigenvalue weighted by Gasteiger charge is 2.41. The number of likely N-dealkylation sites (tertiary alicyclic amines) is 1. The fourth-order valence-electron chi connectivity index (χ4n) is 2.26. The Morgan fingerprint density at radius 3 is 2.47 bits per heavy atom. The summed E-state index contributed by atoms with van der Waals surface area (Å²) >= 11 is 0. The summed E-state index contributed by atoms with van der Waals surface area (Å²) in [6.45, 7) is 0.995. The van der Waals surface area contributed by atoms with Gasteiger partial charge in [0.15, 0.2) is 0 Å². The molecular formula is C10H14N2O3. The minimum atomic E-state index is -0.874. The number of carbonyl (C=O) groups excluding carboxylic acids is 1. The highest BCUT2D eigenvalue weighted by Crippen LogP contribution is 2.33. The topological polar surface area (TPSA) is 60.9 Å². The van der Waals surface area contributed by atoms with E-state index >= 15 is 0 Å². The molecule has 5 heteroatoms. The van der Waals surface area contributed by atoms with E-state index in [-0.39, 0.29) is 11.4 Å². The third-order valence-corrected chi connectivity index (χ3v) is 3.43. The second kappa shape index (κ2) is 3.25.